The number of hydrogen-bond donors (Lipinski definition) is 3. The highest BCUT2D eigenvalue weighted by molar-refractivity contribution is 5.14. The summed E-state index contributed by atoms with van der Waals surface area (Å²) in [5.74, 6) is 0. The van der Waals surface area contributed by atoms with Gasteiger partial charge in [-0.25, -0.2) is 0 Å². The van der Waals surface area contributed by atoms with E-state index in [1.54, 1.807) is 0 Å². The Kier molecular flexibility index (Phi) is 6.73. The second kappa shape index (κ2) is 9.23. The molecule has 3 rings (SSSR count). The van der Waals surface area contributed by atoms with E-state index in [9.17, 15) is 10.2 Å². The van der Waals surface area contributed by atoms with Gasteiger partial charge in [0.2, 0.25) is 0 Å². The van der Waals surface area contributed by atoms with Crippen molar-refractivity contribution >= 4 is 0 Å². The Balaban J connectivity index is 1.71. The van der Waals surface area contributed by atoms with Crippen molar-refractivity contribution in [2.45, 2.75) is 43.9 Å². The van der Waals surface area contributed by atoms with E-state index < -0.39 is 30.6 Å². The average molecular weight is 359 g/mol. The molecule has 2 aromatic rings. The maximum Gasteiger partial charge on any atom is 0.173 e. The van der Waals surface area contributed by atoms with Crippen LogP contribution in [-0.2, 0) is 27.4 Å². The third kappa shape index (κ3) is 4.67. The highest BCUT2D eigenvalue weighted by Crippen LogP contribution is 2.25. The Morgan fingerprint density at radius 2 is 1.35 bits per heavy atom. The summed E-state index contributed by atoms with van der Waals surface area (Å²) in [6.45, 7) is 0.364. The Morgan fingerprint density at radius 3 is 1.85 bits per heavy atom. The molecule has 4 N–H and O–H groups in total. The molecule has 1 fully saturated rings. The van der Waals surface area contributed by atoms with Gasteiger partial charge in [-0.1, -0.05) is 60.7 Å². The van der Waals surface area contributed by atoms with Crippen molar-refractivity contribution in [2.75, 3.05) is 6.61 Å². The van der Waals surface area contributed by atoms with Crippen molar-refractivity contribution in [1.29, 1.82) is 0 Å². The van der Waals surface area contributed by atoms with Crippen molar-refractivity contribution in [2.24, 2.45) is 5.73 Å². The minimum absolute atomic E-state index is 0.297. The number of hydrogen-bond acceptors (Lipinski definition) is 6. The molecule has 1 aliphatic heterocycles. The van der Waals surface area contributed by atoms with Crippen LogP contribution < -0.4 is 5.73 Å². The molecule has 6 nitrogen and oxygen atoms in total. The maximum atomic E-state index is 10.1. The van der Waals surface area contributed by atoms with Gasteiger partial charge in [-0.15, -0.1) is 0 Å². The van der Waals surface area contributed by atoms with E-state index in [1.165, 1.54) is 0 Å². The van der Waals surface area contributed by atoms with Crippen LogP contribution in [0.2, 0.25) is 0 Å². The zero-order chi connectivity index (χ0) is 18.4. The standard InChI is InChI=1S/C20H25NO5/c21-17-19(25-13-15-9-5-2-6-10-15)18(16(11-22)26-20(17)23)24-12-14-7-3-1-4-8-14/h1-10,16-20,22-23H,11-13,21H2/t16-,17-,18-,19-,20?/m1/s1. The van der Waals surface area contributed by atoms with Crippen LogP contribution in [0.3, 0.4) is 0 Å². The summed E-state index contributed by atoms with van der Waals surface area (Å²) in [6, 6.07) is 18.6. The number of nitrogens with two attached hydrogens (primary N) is 1. The van der Waals surface area contributed by atoms with Gasteiger partial charge in [0.15, 0.2) is 6.29 Å². The number of aliphatic hydroxyl groups is 2. The van der Waals surface area contributed by atoms with Gasteiger partial charge in [-0.3, -0.25) is 0 Å². The topological polar surface area (TPSA) is 94.2 Å². The molecule has 0 aliphatic carbocycles. The zero-order valence-electron chi connectivity index (χ0n) is 14.5. The fourth-order valence-corrected chi connectivity index (χ4v) is 3.03. The quantitative estimate of drug-likeness (QED) is 0.688. The average Bonchev–Trinajstić information content (AvgIpc) is 2.69. The molecule has 0 bridgehead atoms. The number of benzene rings is 2. The predicted molar refractivity (Wildman–Crippen MR) is 96.0 cm³/mol. The molecule has 5 atom stereocenters. The second-order valence-corrected chi connectivity index (χ2v) is 6.35. The van der Waals surface area contributed by atoms with Crippen LogP contribution >= 0.6 is 0 Å². The lowest BCUT2D eigenvalue weighted by atomic mass is 9.97. The van der Waals surface area contributed by atoms with Gasteiger partial charge in [0.25, 0.3) is 0 Å². The molecule has 0 amide bonds. The van der Waals surface area contributed by atoms with Crippen LogP contribution in [0.5, 0.6) is 0 Å². The lowest BCUT2D eigenvalue weighted by molar-refractivity contribution is -0.270. The summed E-state index contributed by atoms with van der Waals surface area (Å²) in [5.41, 5.74) is 8.08. The Labute approximate surface area is 153 Å². The fraction of sp³-hybridized carbons (Fsp3) is 0.400. The number of ether oxygens (including phenoxy) is 3. The first-order chi connectivity index (χ1) is 12.7. The largest absolute Gasteiger partial charge is 0.394 e. The zero-order valence-corrected chi connectivity index (χ0v) is 14.5. The molecular formula is C20H25NO5. The van der Waals surface area contributed by atoms with Crippen molar-refractivity contribution in [3.63, 3.8) is 0 Å². The third-order valence-corrected chi connectivity index (χ3v) is 4.46. The third-order valence-electron chi connectivity index (χ3n) is 4.46. The molecule has 0 aromatic heterocycles. The smallest absolute Gasteiger partial charge is 0.173 e. The van der Waals surface area contributed by atoms with E-state index in [0.717, 1.165) is 11.1 Å². The minimum Gasteiger partial charge on any atom is -0.394 e. The fourth-order valence-electron chi connectivity index (χ4n) is 3.03. The number of aliphatic hydroxyl groups excluding tert-OH is 2. The summed E-state index contributed by atoms with van der Waals surface area (Å²) >= 11 is 0. The molecule has 6 heteroatoms. The van der Waals surface area contributed by atoms with Crippen molar-refractivity contribution in [1.82, 2.24) is 0 Å². The summed E-state index contributed by atoms with van der Waals surface area (Å²) in [5, 5.41) is 19.7. The summed E-state index contributed by atoms with van der Waals surface area (Å²) in [6.07, 6.45) is -3.14. The van der Waals surface area contributed by atoms with Gasteiger partial charge in [0.1, 0.15) is 18.3 Å². The van der Waals surface area contributed by atoms with E-state index in [4.69, 9.17) is 19.9 Å². The normalized spacial score (nSPS) is 28.8. The van der Waals surface area contributed by atoms with Gasteiger partial charge in [-0.2, -0.15) is 0 Å². The Morgan fingerprint density at radius 1 is 0.846 bits per heavy atom. The second-order valence-electron chi connectivity index (χ2n) is 6.35. The lowest BCUT2D eigenvalue weighted by Crippen LogP contribution is -2.63. The van der Waals surface area contributed by atoms with E-state index in [1.807, 2.05) is 60.7 Å². The van der Waals surface area contributed by atoms with Gasteiger partial charge >= 0.3 is 0 Å². The van der Waals surface area contributed by atoms with Crippen LogP contribution in [0, 0.1) is 0 Å². The predicted octanol–water partition coefficient (Wildman–Crippen LogP) is 1.19. The van der Waals surface area contributed by atoms with E-state index in [2.05, 4.69) is 0 Å². The van der Waals surface area contributed by atoms with Gasteiger partial charge < -0.3 is 30.2 Å². The molecule has 0 radical (unpaired) electrons. The highest BCUT2D eigenvalue weighted by Gasteiger charge is 2.45. The summed E-state index contributed by atoms with van der Waals surface area (Å²) in [4.78, 5) is 0. The Bertz CT molecular complexity index is 610. The van der Waals surface area contributed by atoms with Crippen molar-refractivity contribution in [3.8, 4) is 0 Å². The molecule has 2 aromatic carbocycles. The van der Waals surface area contributed by atoms with E-state index in [-0.39, 0.29) is 6.61 Å². The molecule has 1 heterocycles. The molecule has 0 spiro atoms. The first kappa shape index (κ1) is 19.0. The Hall–Kier alpha value is -1.80. The molecule has 1 unspecified atom stereocenters. The van der Waals surface area contributed by atoms with Gasteiger partial charge in [-0.05, 0) is 11.1 Å². The van der Waals surface area contributed by atoms with Crippen LogP contribution in [-0.4, -0.2) is 47.5 Å². The molecule has 0 saturated carbocycles. The van der Waals surface area contributed by atoms with Crippen molar-refractivity contribution < 1.29 is 24.4 Å². The van der Waals surface area contributed by atoms with Crippen LogP contribution in [0.15, 0.2) is 60.7 Å². The molecule has 1 saturated heterocycles. The van der Waals surface area contributed by atoms with Gasteiger partial charge in [0, 0.05) is 0 Å². The van der Waals surface area contributed by atoms with E-state index in [0.29, 0.717) is 13.2 Å². The number of rotatable bonds is 7. The first-order valence-electron chi connectivity index (χ1n) is 8.70. The van der Waals surface area contributed by atoms with Crippen LogP contribution in [0.1, 0.15) is 11.1 Å². The first-order valence-corrected chi connectivity index (χ1v) is 8.70. The monoisotopic (exact) mass is 359 g/mol. The molecular weight excluding hydrogens is 334 g/mol. The van der Waals surface area contributed by atoms with Crippen molar-refractivity contribution in [3.05, 3.63) is 71.8 Å². The van der Waals surface area contributed by atoms with Crippen LogP contribution in [0.4, 0.5) is 0 Å². The minimum atomic E-state index is -1.22. The molecule has 1 aliphatic rings. The molecule has 26 heavy (non-hydrogen) atoms. The molecule has 140 valence electrons. The highest BCUT2D eigenvalue weighted by atomic mass is 16.6. The van der Waals surface area contributed by atoms with E-state index >= 15 is 0 Å². The maximum absolute atomic E-state index is 10.1. The lowest BCUT2D eigenvalue weighted by Gasteiger charge is -2.42. The van der Waals surface area contributed by atoms with Gasteiger partial charge in [0.05, 0.1) is 25.9 Å². The van der Waals surface area contributed by atoms with Crippen LogP contribution in [0.25, 0.3) is 0 Å². The summed E-state index contributed by atoms with van der Waals surface area (Å²) < 4.78 is 17.4. The summed E-state index contributed by atoms with van der Waals surface area (Å²) in [7, 11) is 0. The SMILES string of the molecule is N[C@H]1C(O)O[C@H](CO)[C@@H](OCc2ccccc2)[C@@H]1OCc1ccccc1.